The lowest BCUT2D eigenvalue weighted by atomic mass is 10.0. The lowest BCUT2D eigenvalue weighted by Crippen LogP contribution is -2.45. The molecule has 0 aliphatic rings. The van der Waals surface area contributed by atoms with Gasteiger partial charge in [-0.3, -0.25) is 4.79 Å². The highest BCUT2D eigenvalue weighted by Gasteiger charge is 2.20. The Morgan fingerprint density at radius 1 is 0.605 bits per heavy atom. The summed E-state index contributed by atoms with van der Waals surface area (Å²) >= 11 is 0. The standard InChI is InChI=1S/C38H69NO4/c1-3-5-7-9-11-13-15-17-18-20-22-24-26-28-30-32-37(42)36(34-40)39-38(43)33-35(41)31-29-27-25-23-21-19-16-14-12-10-8-6-4-2/h12,14,16,19,22,24,30,32,35-37,40-42H,3-11,13,15,17-18,20-21,23,25-29,31,33-34H2,1-2H3,(H,39,43)/b14-12-,19-16-,24-22+,32-30+. The lowest BCUT2D eigenvalue weighted by Gasteiger charge is -2.20. The van der Waals surface area contributed by atoms with Crippen LogP contribution in [0, 0.1) is 0 Å². The zero-order chi connectivity index (χ0) is 31.6. The maximum Gasteiger partial charge on any atom is 0.222 e. The zero-order valence-corrected chi connectivity index (χ0v) is 28.1. The van der Waals surface area contributed by atoms with Crippen LogP contribution in [0.1, 0.15) is 162 Å². The minimum absolute atomic E-state index is 0.00990. The Balaban J connectivity index is 3.86. The molecule has 0 aromatic rings. The molecule has 250 valence electrons. The number of allylic oxidation sites excluding steroid dienone is 7. The maximum atomic E-state index is 12.3. The van der Waals surface area contributed by atoms with Crippen LogP contribution in [0.3, 0.4) is 0 Å². The molecule has 3 atom stereocenters. The molecular formula is C38H69NO4. The molecule has 0 aliphatic carbocycles. The quantitative estimate of drug-likeness (QED) is 0.0361. The van der Waals surface area contributed by atoms with E-state index in [1.807, 2.05) is 6.08 Å². The first-order valence-corrected chi connectivity index (χ1v) is 17.9. The van der Waals surface area contributed by atoms with Gasteiger partial charge in [-0.15, -0.1) is 0 Å². The van der Waals surface area contributed by atoms with Crippen molar-refractivity contribution in [2.24, 2.45) is 0 Å². The van der Waals surface area contributed by atoms with Crippen LogP contribution in [-0.4, -0.2) is 46.1 Å². The van der Waals surface area contributed by atoms with Gasteiger partial charge in [0.1, 0.15) is 0 Å². The van der Waals surface area contributed by atoms with E-state index in [4.69, 9.17) is 0 Å². The van der Waals surface area contributed by atoms with Crippen molar-refractivity contribution in [3.05, 3.63) is 48.6 Å². The molecule has 3 unspecified atom stereocenters. The van der Waals surface area contributed by atoms with Crippen LogP contribution in [0.15, 0.2) is 48.6 Å². The van der Waals surface area contributed by atoms with Crippen LogP contribution in [0.25, 0.3) is 0 Å². The highest BCUT2D eigenvalue weighted by Crippen LogP contribution is 2.12. The Bertz CT molecular complexity index is 715. The Labute approximate surface area is 266 Å². The van der Waals surface area contributed by atoms with E-state index in [0.717, 1.165) is 57.8 Å². The van der Waals surface area contributed by atoms with E-state index in [-0.39, 0.29) is 18.9 Å². The number of rotatable bonds is 31. The second kappa shape index (κ2) is 33.2. The second-order valence-electron chi connectivity index (χ2n) is 12.1. The summed E-state index contributed by atoms with van der Waals surface area (Å²) in [6.07, 6.45) is 40.9. The molecular weight excluding hydrogens is 534 g/mol. The monoisotopic (exact) mass is 604 g/mol. The van der Waals surface area contributed by atoms with E-state index in [1.54, 1.807) is 6.08 Å². The van der Waals surface area contributed by atoms with Crippen molar-refractivity contribution in [2.75, 3.05) is 6.61 Å². The number of amides is 1. The van der Waals surface area contributed by atoms with Crippen molar-refractivity contribution in [1.82, 2.24) is 5.32 Å². The Hall–Kier alpha value is -1.69. The Morgan fingerprint density at radius 2 is 1.07 bits per heavy atom. The predicted octanol–water partition coefficient (Wildman–Crippen LogP) is 9.42. The molecule has 4 N–H and O–H groups in total. The predicted molar refractivity (Wildman–Crippen MR) is 185 cm³/mol. The number of hydrogen-bond donors (Lipinski definition) is 4. The fourth-order valence-corrected chi connectivity index (χ4v) is 5.05. The second-order valence-corrected chi connectivity index (χ2v) is 12.1. The molecule has 5 nitrogen and oxygen atoms in total. The molecule has 43 heavy (non-hydrogen) atoms. The molecule has 0 fully saturated rings. The molecule has 0 spiro atoms. The number of carbonyl (C=O) groups excluding carboxylic acids is 1. The van der Waals surface area contributed by atoms with E-state index >= 15 is 0 Å². The minimum Gasteiger partial charge on any atom is -0.394 e. The largest absolute Gasteiger partial charge is 0.394 e. The van der Waals surface area contributed by atoms with Crippen LogP contribution < -0.4 is 5.32 Å². The van der Waals surface area contributed by atoms with Gasteiger partial charge in [0.05, 0.1) is 31.3 Å². The molecule has 0 aromatic heterocycles. The van der Waals surface area contributed by atoms with Gasteiger partial charge in [-0.25, -0.2) is 0 Å². The van der Waals surface area contributed by atoms with Gasteiger partial charge in [-0.2, -0.15) is 0 Å². The van der Waals surface area contributed by atoms with Gasteiger partial charge in [-0.05, 0) is 57.8 Å². The van der Waals surface area contributed by atoms with Crippen molar-refractivity contribution in [2.45, 2.75) is 180 Å². The Morgan fingerprint density at radius 3 is 1.67 bits per heavy atom. The van der Waals surface area contributed by atoms with Crippen molar-refractivity contribution in [3.63, 3.8) is 0 Å². The summed E-state index contributed by atoms with van der Waals surface area (Å²) in [5.74, 6) is -0.341. The summed E-state index contributed by atoms with van der Waals surface area (Å²) in [4.78, 5) is 12.3. The van der Waals surface area contributed by atoms with E-state index in [0.29, 0.717) is 6.42 Å². The fourth-order valence-electron chi connectivity index (χ4n) is 5.05. The first-order chi connectivity index (χ1) is 21.0. The molecule has 0 aliphatic heterocycles. The smallest absolute Gasteiger partial charge is 0.222 e. The van der Waals surface area contributed by atoms with Crippen molar-refractivity contribution >= 4 is 5.91 Å². The molecule has 0 heterocycles. The first-order valence-electron chi connectivity index (χ1n) is 17.9. The number of hydrogen-bond acceptors (Lipinski definition) is 4. The SMILES string of the molecule is CCCCC/C=C\C=C/CCCCCCC(O)CC(=O)NC(CO)C(O)/C=C/CC/C=C/CCCCCCCCCCC. The number of unbranched alkanes of at least 4 members (excludes halogenated alkanes) is 17. The van der Waals surface area contributed by atoms with E-state index in [2.05, 4.69) is 55.6 Å². The van der Waals surface area contributed by atoms with E-state index < -0.39 is 18.2 Å². The average Bonchev–Trinajstić information content (AvgIpc) is 3.00. The minimum atomic E-state index is -0.956. The van der Waals surface area contributed by atoms with Crippen LogP contribution in [-0.2, 0) is 4.79 Å². The third-order valence-electron chi connectivity index (χ3n) is 7.87. The van der Waals surface area contributed by atoms with Crippen LogP contribution >= 0.6 is 0 Å². The maximum absolute atomic E-state index is 12.3. The lowest BCUT2D eigenvalue weighted by molar-refractivity contribution is -0.124. The first kappa shape index (κ1) is 41.3. The van der Waals surface area contributed by atoms with Gasteiger partial charge in [0.25, 0.3) is 0 Å². The van der Waals surface area contributed by atoms with Gasteiger partial charge in [0.2, 0.25) is 5.91 Å². The van der Waals surface area contributed by atoms with Crippen LogP contribution in [0.4, 0.5) is 0 Å². The molecule has 0 saturated heterocycles. The summed E-state index contributed by atoms with van der Waals surface area (Å²) in [5.41, 5.74) is 0. The van der Waals surface area contributed by atoms with Gasteiger partial charge in [0.15, 0.2) is 0 Å². The van der Waals surface area contributed by atoms with Crippen LogP contribution in [0.2, 0.25) is 0 Å². The normalized spacial score (nSPS) is 14.4. The number of nitrogens with one attached hydrogen (secondary N) is 1. The summed E-state index contributed by atoms with van der Waals surface area (Å²) in [5, 5.41) is 33.0. The molecule has 0 rings (SSSR count). The zero-order valence-electron chi connectivity index (χ0n) is 28.1. The van der Waals surface area contributed by atoms with Crippen molar-refractivity contribution in [3.8, 4) is 0 Å². The molecule has 0 radical (unpaired) electrons. The van der Waals surface area contributed by atoms with Gasteiger partial charge in [0, 0.05) is 0 Å². The van der Waals surface area contributed by atoms with Gasteiger partial charge < -0.3 is 20.6 Å². The van der Waals surface area contributed by atoms with Crippen molar-refractivity contribution < 1.29 is 20.1 Å². The molecule has 1 amide bonds. The number of aliphatic hydroxyl groups excluding tert-OH is 3. The summed E-state index contributed by atoms with van der Waals surface area (Å²) in [6.45, 7) is 4.13. The average molecular weight is 604 g/mol. The highest BCUT2D eigenvalue weighted by molar-refractivity contribution is 5.76. The van der Waals surface area contributed by atoms with Gasteiger partial charge in [-0.1, -0.05) is 146 Å². The van der Waals surface area contributed by atoms with E-state index in [9.17, 15) is 20.1 Å². The molecule has 0 aromatic carbocycles. The topological polar surface area (TPSA) is 89.8 Å². The molecule has 5 heteroatoms. The van der Waals surface area contributed by atoms with Crippen molar-refractivity contribution in [1.29, 1.82) is 0 Å². The summed E-state index contributed by atoms with van der Waals surface area (Å²) < 4.78 is 0. The third-order valence-corrected chi connectivity index (χ3v) is 7.87. The summed E-state index contributed by atoms with van der Waals surface area (Å²) in [6, 6.07) is -0.766. The highest BCUT2D eigenvalue weighted by atomic mass is 16.3. The number of carbonyl (C=O) groups is 1. The van der Waals surface area contributed by atoms with Gasteiger partial charge >= 0.3 is 0 Å². The summed E-state index contributed by atoms with van der Waals surface area (Å²) in [7, 11) is 0. The molecule has 0 saturated carbocycles. The Kier molecular flexibility index (Phi) is 31.9. The van der Waals surface area contributed by atoms with E-state index in [1.165, 1.54) is 77.0 Å². The number of aliphatic hydroxyl groups is 3. The fraction of sp³-hybridized carbons (Fsp3) is 0.763. The van der Waals surface area contributed by atoms with Crippen LogP contribution in [0.5, 0.6) is 0 Å². The molecule has 0 bridgehead atoms. The third kappa shape index (κ3) is 30.1.